The van der Waals surface area contributed by atoms with Gasteiger partial charge < -0.3 is 14.6 Å². The molecule has 0 spiro atoms. The Bertz CT molecular complexity index is 693. The van der Waals surface area contributed by atoms with Crippen molar-refractivity contribution in [2.24, 2.45) is 0 Å². The van der Waals surface area contributed by atoms with E-state index in [9.17, 15) is 5.11 Å². The van der Waals surface area contributed by atoms with Crippen molar-refractivity contribution < 1.29 is 14.6 Å². The minimum atomic E-state index is -0.292. The first kappa shape index (κ1) is 15.6. The molecule has 0 aromatic heterocycles. The van der Waals surface area contributed by atoms with E-state index in [1.807, 2.05) is 50.2 Å². The lowest BCUT2D eigenvalue weighted by atomic mass is 10.0. The van der Waals surface area contributed by atoms with Gasteiger partial charge in [0, 0.05) is 0 Å². The van der Waals surface area contributed by atoms with Gasteiger partial charge in [-0.15, -0.1) is 0 Å². The van der Waals surface area contributed by atoms with E-state index in [4.69, 9.17) is 9.47 Å². The van der Waals surface area contributed by atoms with Gasteiger partial charge >= 0.3 is 0 Å². The van der Waals surface area contributed by atoms with Gasteiger partial charge in [-0.2, -0.15) is 0 Å². The summed E-state index contributed by atoms with van der Waals surface area (Å²) in [5.41, 5.74) is 3.06. The van der Waals surface area contributed by atoms with Crippen molar-refractivity contribution in [3.63, 3.8) is 0 Å². The van der Waals surface area contributed by atoms with E-state index in [1.165, 1.54) is 0 Å². The highest BCUT2D eigenvalue weighted by Gasteiger charge is 2.41. The molecule has 1 fully saturated rings. The van der Waals surface area contributed by atoms with Crippen LogP contribution in [0.3, 0.4) is 0 Å². The molecule has 3 rings (SSSR count). The summed E-state index contributed by atoms with van der Waals surface area (Å²) in [6.45, 7) is 6.94. The van der Waals surface area contributed by atoms with E-state index in [0.717, 1.165) is 29.1 Å². The van der Waals surface area contributed by atoms with Crippen LogP contribution in [-0.4, -0.2) is 23.4 Å². The molecular weight excluding hydrogens is 288 g/mol. The molecular formula is C20H22O3. The van der Waals surface area contributed by atoms with Gasteiger partial charge in [0.25, 0.3) is 0 Å². The van der Waals surface area contributed by atoms with Crippen molar-refractivity contribution in [1.29, 1.82) is 0 Å². The molecule has 1 N–H and O–H groups in total. The molecule has 0 aliphatic carbocycles. The number of aromatic hydroxyl groups is 1. The highest BCUT2D eigenvalue weighted by Crippen LogP contribution is 2.30. The van der Waals surface area contributed by atoms with Crippen LogP contribution < -0.4 is 4.74 Å². The minimum Gasteiger partial charge on any atom is -0.508 e. The number of allylic oxidation sites excluding steroid dienone is 1. The molecule has 0 radical (unpaired) electrons. The van der Waals surface area contributed by atoms with Crippen molar-refractivity contribution in [2.75, 3.05) is 6.61 Å². The lowest BCUT2D eigenvalue weighted by Crippen LogP contribution is -2.34. The van der Waals surface area contributed by atoms with Crippen LogP contribution in [0.25, 0.3) is 11.6 Å². The second kappa shape index (κ2) is 6.09. The van der Waals surface area contributed by atoms with Gasteiger partial charge in [-0.1, -0.05) is 30.3 Å². The number of hydrogen-bond donors (Lipinski definition) is 1. The maximum Gasteiger partial charge on any atom is 0.132 e. The molecule has 0 saturated carbocycles. The van der Waals surface area contributed by atoms with E-state index < -0.39 is 0 Å². The van der Waals surface area contributed by atoms with E-state index in [1.54, 1.807) is 12.1 Å². The molecule has 0 amide bonds. The first-order chi connectivity index (χ1) is 10.9. The predicted octanol–water partition coefficient (Wildman–Crippen LogP) is 4.51. The monoisotopic (exact) mass is 310 g/mol. The van der Waals surface area contributed by atoms with Gasteiger partial charge in [0.15, 0.2) is 0 Å². The van der Waals surface area contributed by atoms with Crippen LogP contribution in [0.15, 0.2) is 48.5 Å². The predicted molar refractivity (Wildman–Crippen MR) is 92.5 cm³/mol. The molecule has 120 valence electrons. The Labute approximate surface area is 137 Å². The number of phenols is 1. The molecule has 2 aromatic rings. The highest BCUT2D eigenvalue weighted by atomic mass is 16.6. The molecule has 0 bridgehead atoms. The number of hydrogen-bond acceptors (Lipinski definition) is 3. The van der Waals surface area contributed by atoms with E-state index >= 15 is 0 Å². The summed E-state index contributed by atoms with van der Waals surface area (Å²) in [4.78, 5) is 0. The summed E-state index contributed by atoms with van der Waals surface area (Å²) in [5.74, 6) is 1.13. The van der Waals surface area contributed by atoms with Crippen molar-refractivity contribution in [2.45, 2.75) is 32.5 Å². The van der Waals surface area contributed by atoms with Crippen LogP contribution in [0, 0.1) is 0 Å². The Hall–Kier alpha value is -2.26. The number of ether oxygens (including phenoxy) is 2. The second-order valence-corrected chi connectivity index (χ2v) is 6.47. The van der Waals surface area contributed by atoms with E-state index in [2.05, 4.69) is 13.0 Å². The number of phenolic OH excluding ortho intramolecular Hbond substituents is 1. The Kier molecular flexibility index (Phi) is 4.14. The topological polar surface area (TPSA) is 42.0 Å². The zero-order valence-corrected chi connectivity index (χ0v) is 13.7. The van der Waals surface area contributed by atoms with Gasteiger partial charge in [0.1, 0.15) is 23.2 Å². The largest absolute Gasteiger partial charge is 0.508 e. The Morgan fingerprint density at radius 1 is 1.13 bits per heavy atom. The fraction of sp³-hybridized carbons (Fsp3) is 0.300. The summed E-state index contributed by atoms with van der Waals surface area (Å²) in [5, 5.41) is 9.35. The first-order valence-corrected chi connectivity index (χ1v) is 7.82. The molecule has 3 nitrogen and oxygen atoms in total. The number of benzene rings is 2. The molecule has 1 heterocycles. The SMILES string of the molecule is CC(=Cc1ccc(OC(C)(C)C2CO2)cc1)c1ccc(O)cc1. The zero-order valence-electron chi connectivity index (χ0n) is 13.7. The Morgan fingerprint density at radius 2 is 1.74 bits per heavy atom. The van der Waals surface area contributed by atoms with E-state index in [-0.39, 0.29) is 17.5 Å². The smallest absolute Gasteiger partial charge is 0.132 e. The zero-order chi connectivity index (χ0) is 16.4. The average molecular weight is 310 g/mol. The van der Waals surface area contributed by atoms with Crippen LogP contribution in [0.1, 0.15) is 31.9 Å². The number of epoxide rings is 1. The molecule has 1 aliphatic rings. The summed E-state index contributed by atoms with van der Waals surface area (Å²) in [7, 11) is 0. The summed E-state index contributed by atoms with van der Waals surface area (Å²) < 4.78 is 11.3. The maximum atomic E-state index is 9.35. The van der Waals surface area contributed by atoms with Crippen LogP contribution in [-0.2, 0) is 4.74 Å². The fourth-order valence-electron chi connectivity index (χ4n) is 2.51. The molecule has 1 unspecified atom stereocenters. The molecule has 2 aromatic carbocycles. The maximum absolute atomic E-state index is 9.35. The fourth-order valence-corrected chi connectivity index (χ4v) is 2.51. The highest BCUT2D eigenvalue weighted by molar-refractivity contribution is 5.80. The molecule has 23 heavy (non-hydrogen) atoms. The van der Waals surface area contributed by atoms with Gasteiger partial charge in [0.05, 0.1) is 6.61 Å². The normalized spacial score (nSPS) is 17.9. The van der Waals surface area contributed by atoms with Crippen molar-refractivity contribution >= 4 is 11.6 Å². The standard InChI is InChI=1S/C20H22O3/c1-14(16-6-8-17(21)9-7-16)12-15-4-10-18(11-5-15)23-20(2,3)19-13-22-19/h4-12,19,21H,13H2,1-3H3. The van der Waals surface area contributed by atoms with Gasteiger partial charge in [-0.3, -0.25) is 0 Å². The third kappa shape index (κ3) is 3.93. The van der Waals surface area contributed by atoms with Gasteiger partial charge in [-0.05, 0) is 61.7 Å². The molecule has 3 heteroatoms. The molecule has 1 atom stereocenters. The quantitative estimate of drug-likeness (QED) is 0.652. The summed E-state index contributed by atoms with van der Waals surface area (Å²) in [6.07, 6.45) is 2.31. The third-order valence-electron chi connectivity index (χ3n) is 4.08. The Balaban J connectivity index is 1.71. The van der Waals surface area contributed by atoms with Crippen molar-refractivity contribution in [1.82, 2.24) is 0 Å². The molecule has 1 aliphatic heterocycles. The summed E-state index contributed by atoms with van der Waals surface area (Å²) >= 11 is 0. The van der Waals surface area contributed by atoms with Crippen molar-refractivity contribution in [3.8, 4) is 11.5 Å². The van der Waals surface area contributed by atoms with Crippen LogP contribution in [0.2, 0.25) is 0 Å². The van der Waals surface area contributed by atoms with Crippen LogP contribution in [0.4, 0.5) is 0 Å². The van der Waals surface area contributed by atoms with Crippen LogP contribution in [0.5, 0.6) is 11.5 Å². The average Bonchev–Trinajstić information content (AvgIpc) is 3.35. The lowest BCUT2D eigenvalue weighted by molar-refractivity contribution is 0.0744. The minimum absolute atomic E-state index is 0.193. The Morgan fingerprint density at radius 3 is 2.30 bits per heavy atom. The second-order valence-electron chi connectivity index (χ2n) is 6.47. The van der Waals surface area contributed by atoms with Gasteiger partial charge in [-0.25, -0.2) is 0 Å². The molecule has 1 saturated heterocycles. The first-order valence-electron chi connectivity index (χ1n) is 7.82. The lowest BCUT2D eigenvalue weighted by Gasteiger charge is -2.24. The van der Waals surface area contributed by atoms with Crippen LogP contribution >= 0.6 is 0 Å². The third-order valence-corrected chi connectivity index (χ3v) is 4.08. The van der Waals surface area contributed by atoms with Crippen molar-refractivity contribution in [3.05, 3.63) is 59.7 Å². The summed E-state index contributed by atoms with van der Waals surface area (Å²) in [6, 6.07) is 15.3. The van der Waals surface area contributed by atoms with Gasteiger partial charge in [0.2, 0.25) is 0 Å². The van der Waals surface area contributed by atoms with E-state index in [0.29, 0.717) is 0 Å². The number of rotatable bonds is 5.